The monoisotopic (exact) mass is 1530 g/mol. The van der Waals surface area contributed by atoms with Gasteiger partial charge in [-0.1, -0.05) is 48.5 Å². The number of aromatic carboxylic acids is 1. The quantitative estimate of drug-likeness (QED) is 0.0992. The third kappa shape index (κ3) is 20.1. The molecule has 14 heteroatoms. The molecule has 0 atom stereocenters. The average Bonchev–Trinajstić information content (AvgIpc) is 3.68. The Morgan fingerprint density at radius 3 is 1.65 bits per heavy atom. The summed E-state index contributed by atoms with van der Waals surface area (Å²) in [6, 6.07) is 52.7. The van der Waals surface area contributed by atoms with E-state index in [2.05, 4.69) is 62.4 Å². The van der Waals surface area contributed by atoms with Crippen LogP contribution < -0.4 is 0 Å². The molecule has 0 fully saturated rings. The molecule has 0 unspecified atom stereocenters. The maximum Gasteiger partial charge on any atom is 0.354 e. The standard InChI is InChI=1S/C13H8NS.C11H6FN.C11H8N.C6H5NO2.C5H8O2.4Ir/c1-2-7-12-10(5-1)9-13(15-12)11-6-3-4-8-14-11;12-10-6-2-1-5-9(10)11-7-3-4-8-13-11;1-2-6-10(7-3-1)11-8-4-5-9-12-11;8-6(9)5-3-1-2-4-7-5;1-4(6)3-5(2)7;;;;/h1-8H;1,3-4,6-8H;1-6,8-9H;1-4H,(H,8,9);3,6H,1-2H3;;;;/q-1;-2;-1;;;;;;. The van der Waals surface area contributed by atoms with Crippen LogP contribution in [0.2, 0.25) is 0 Å². The van der Waals surface area contributed by atoms with Crippen LogP contribution in [-0.4, -0.2) is 41.9 Å². The fourth-order valence-corrected chi connectivity index (χ4v) is 5.45. The summed E-state index contributed by atoms with van der Waals surface area (Å²) in [4.78, 5) is 37.4. The minimum Gasteiger partial charge on any atom is -0.512 e. The van der Waals surface area contributed by atoms with Crippen molar-refractivity contribution in [1.82, 2.24) is 19.9 Å². The van der Waals surface area contributed by atoms with Crippen LogP contribution in [-0.2, 0) is 85.2 Å². The molecule has 2 N–H and O–H groups in total. The van der Waals surface area contributed by atoms with Gasteiger partial charge in [0.25, 0.3) is 0 Å². The van der Waals surface area contributed by atoms with E-state index in [1.165, 1.54) is 48.3 Å². The second kappa shape index (κ2) is 31.3. The number of carbonyl (C=O) groups excluding carboxylic acids is 1. The van der Waals surface area contributed by atoms with Crippen molar-refractivity contribution in [2.45, 2.75) is 13.8 Å². The molecule has 0 amide bonds. The first kappa shape index (κ1) is 55.4. The molecule has 8 rings (SSSR count). The van der Waals surface area contributed by atoms with E-state index in [4.69, 9.17) is 10.2 Å². The molecule has 316 valence electrons. The zero-order valence-corrected chi connectivity index (χ0v) is 42.1. The van der Waals surface area contributed by atoms with E-state index in [9.17, 15) is 14.0 Å². The molecule has 8 nitrogen and oxygen atoms in total. The first-order chi connectivity index (χ1) is 27.2. The van der Waals surface area contributed by atoms with E-state index in [1.54, 1.807) is 54.1 Å². The number of carboxylic acid groups (broad SMARTS) is 1. The third-order valence-electron chi connectivity index (χ3n) is 6.86. The van der Waals surface area contributed by atoms with Crippen LogP contribution in [0.15, 0.2) is 170 Å². The van der Waals surface area contributed by atoms with Gasteiger partial charge in [-0.25, -0.2) is 26.7 Å². The van der Waals surface area contributed by atoms with Crippen LogP contribution in [0.5, 0.6) is 0 Å². The van der Waals surface area contributed by atoms with Gasteiger partial charge in [-0.05, 0) is 65.5 Å². The Kier molecular flexibility index (Phi) is 28.9. The Balaban J connectivity index is 0.000000729. The number of benzene rings is 3. The van der Waals surface area contributed by atoms with Crippen molar-refractivity contribution in [2.75, 3.05) is 0 Å². The molecule has 0 aliphatic heterocycles. The number of allylic oxidation sites excluding steroid dienone is 2. The number of hydrogen-bond acceptors (Lipinski definition) is 8. The van der Waals surface area contributed by atoms with Gasteiger partial charge in [-0.15, -0.1) is 65.3 Å². The van der Waals surface area contributed by atoms with Gasteiger partial charge in [-0.3, -0.25) is 15.8 Å². The van der Waals surface area contributed by atoms with E-state index in [1.807, 2.05) is 79.0 Å². The van der Waals surface area contributed by atoms with Gasteiger partial charge < -0.3 is 42.8 Å². The van der Waals surface area contributed by atoms with Crippen molar-refractivity contribution >= 4 is 33.2 Å². The molecule has 0 aliphatic carbocycles. The summed E-state index contributed by atoms with van der Waals surface area (Å²) >= 11 is 1.73. The molecule has 5 heterocycles. The Morgan fingerprint density at radius 2 is 1.20 bits per heavy atom. The number of thiophene rings is 1. The summed E-state index contributed by atoms with van der Waals surface area (Å²) in [5.74, 6) is -1.40. The number of pyridine rings is 4. The SMILES string of the molecule is CC(=O)C=C(C)O.Fc1c[c-]c[c-]c1-c1ccccn1.O=C(O)c1ccccn1.[Ir].[Ir].[Ir].[Ir].[c-]1c(-c2ccccn2)sc2ccccc12.[c-]1ccccc1-c1ccccn1. The molecule has 60 heavy (non-hydrogen) atoms. The molecule has 3 aromatic carbocycles. The Labute approximate surface area is 406 Å². The Morgan fingerprint density at radius 1 is 0.650 bits per heavy atom. The number of fused-ring (bicyclic) bond motifs is 1. The molecule has 8 aromatic rings. The Bertz CT molecular complexity index is 2340. The van der Waals surface area contributed by atoms with Crippen molar-refractivity contribution in [3.8, 4) is 33.1 Å². The zero-order valence-electron chi connectivity index (χ0n) is 31.7. The van der Waals surface area contributed by atoms with Crippen molar-refractivity contribution in [2.24, 2.45) is 0 Å². The number of carbonyl (C=O) groups is 2. The van der Waals surface area contributed by atoms with E-state index in [0.717, 1.165) is 21.8 Å². The van der Waals surface area contributed by atoms with Crippen LogP contribution in [0.25, 0.3) is 43.2 Å². The number of aromatic nitrogens is 4. The summed E-state index contributed by atoms with van der Waals surface area (Å²) < 4.78 is 14.4. The molecular formula is C46H35FIr4N4O4S-4. The van der Waals surface area contributed by atoms with Crippen LogP contribution >= 0.6 is 11.3 Å². The summed E-state index contributed by atoms with van der Waals surface area (Å²) in [7, 11) is 0. The molecule has 0 saturated heterocycles. The minimum atomic E-state index is -0.990. The second-order valence-electron chi connectivity index (χ2n) is 11.2. The predicted octanol–water partition coefficient (Wildman–Crippen LogP) is 10.6. The van der Waals surface area contributed by atoms with Gasteiger partial charge >= 0.3 is 5.97 Å². The molecule has 5 aromatic heterocycles. The largest absolute Gasteiger partial charge is 0.512 e. The molecular weight excluding hydrogens is 1490 g/mol. The number of hydrogen-bond donors (Lipinski definition) is 2. The van der Waals surface area contributed by atoms with Gasteiger partial charge in [0.2, 0.25) is 0 Å². The molecule has 0 aliphatic rings. The number of aliphatic hydroxyl groups excluding tert-OH is 1. The Hall–Kier alpha value is -4.57. The fraction of sp³-hybridized carbons (Fsp3) is 0.0435. The summed E-state index contributed by atoms with van der Waals surface area (Å²) in [5.41, 5.74) is 4.07. The number of halogens is 1. The zero-order chi connectivity index (χ0) is 40.0. The first-order valence-corrected chi connectivity index (χ1v) is 17.7. The number of ketones is 1. The van der Waals surface area contributed by atoms with E-state index >= 15 is 0 Å². The molecule has 0 saturated carbocycles. The average molecular weight is 1530 g/mol. The van der Waals surface area contributed by atoms with Gasteiger partial charge in [0, 0.05) is 123 Å². The predicted molar refractivity (Wildman–Crippen MR) is 218 cm³/mol. The summed E-state index contributed by atoms with van der Waals surface area (Å²) in [6.45, 7) is 2.85. The third-order valence-corrected chi connectivity index (χ3v) is 7.95. The summed E-state index contributed by atoms with van der Waals surface area (Å²) in [6.07, 6.45) is 7.84. The minimum absolute atomic E-state index is 0. The molecule has 4 radical (unpaired) electrons. The van der Waals surface area contributed by atoms with Crippen LogP contribution in [0.3, 0.4) is 0 Å². The number of aliphatic hydroxyl groups is 1. The summed E-state index contributed by atoms with van der Waals surface area (Å²) in [5, 5.41) is 17.9. The van der Waals surface area contributed by atoms with Crippen LogP contribution in [0, 0.1) is 30.1 Å². The van der Waals surface area contributed by atoms with Crippen molar-refractivity contribution in [3.05, 3.63) is 206 Å². The van der Waals surface area contributed by atoms with Gasteiger partial charge in [0.1, 0.15) is 5.69 Å². The fourth-order valence-electron chi connectivity index (χ4n) is 4.46. The van der Waals surface area contributed by atoms with E-state index in [-0.39, 0.29) is 103 Å². The normalized spacial score (nSPS) is 9.42. The number of rotatable bonds is 5. The van der Waals surface area contributed by atoms with Crippen molar-refractivity contribution < 1.29 is 105 Å². The number of carboxylic acids is 1. The first-order valence-electron chi connectivity index (χ1n) is 16.9. The molecule has 0 bridgehead atoms. The maximum atomic E-state index is 13.2. The molecule has 0 spiro atoms. The van der Waals surface area contributed by atoms with Gasteiger partial charge in [-0.2, -0.15) is 0 Å². The second-order valence-corrected chi connectivity index (χ2v) is 12.3. The van der Waals surface area contributed by atoms with Crippen LogP contribution in [0.1, 0.15) is 24.3 Å². The van der Waals surface area contributed by atoms with E-state index in [0.29, 0.717) is 11.3 Å². The van der Waals surface area contributed by atoms with Crippen LogP contribution in [0.4, 0.5) is 4.39 Å². The van der Waals surface area contributed by atoms with Crippen molar-refractivity contribution in [3.63, 3.8) is 0 Å². The maximum absolute atomic E-state index is 13.2. The van der Waals surface area contributed by atoms with Gasteiger partial charge in [0.15, 0.2) is 5.78 Å². The van der Waals surface area contributed by atoms with E-state index < -0.39 is 5.97 Å². The topological polar surface area (TPSA) is 126 Å². The number of nitrogens with zero attached hydrogens (tertiary/aromatic N) is 4. The van der Waals surface area contributed by atoms with Crippen molar-refractivity contribution in [1.29, 1.82) is 0 Å². The smallest absolute Gasteiger partial charge is 0.354 e. The van der Waals surface area contributed by atoms with Gasteiger partial charge in [0.05, 0.1) is 5.76 Å².